The number of rotatable bonds is 56. The highest BCUT2D eigenvalue weighted by Gasteiger charge is 2.28. The molecular weight excluding hydrogens is 976 g/mol. The van der Waals surface area contributed by atoms with Gasteiger partial charge in [-0.25, -0.2) is 4.57 Å². The van der Waals surface area contributed by atoms with Crippen LogP contribution in [-0.2, 0) is 42.2 Å². The highest BCUT2D eigenvalue weighted by atomic mass is 31.2. The summed E-state index contributed by atoms with van der Waals surface area (Å²) in [5.41, 5.74) is 0. The zero-order valence-corrected chi connectivity index (χ0v) is 49.3. The van der Waals surface area contributed by atoms with Gasteiger partial charge in [0.15, 0.2) is 6.10 Å². The minimum atomic E-state index is -4.77. The summed E-state index contributed by atoms with van der Waals surface area (Å²) in [4.78, 5) is 48.6. The van der Waals surface area contributed by atoms with Crippen molar-refractivity contribution in [2.75, 3.05) is 26.4 Å². The van der Waals surface area contributed by atoms with E-state index >= 15 is 0 Å². The maximum absolute atomic E-state index is 12.9. The number of aliphatic hydroxyl groups is 1. The van der Waals surface area contributed by atoms with Crippen molar-refractivity contribution in [3.8, 4) is 0 Å². The first-order chi connectivity index (χ1) is 37.2. The summed E-state index contributed by atoms with van der Waals surface area (Å²) in [5, 5.41) is 9.83. The topological polar surface area (TPSA) is 155 Å². The molecule has 3 atom stereocenters. The van der Waals surface area contributed by atoms with E-state index in [4.69, 9.17) is 23.3 Å². The molecule has 0 aromatic rings. The second-order valence-electron chi connectivity index (χ2n) is 20.1. The number of aliphatic hydroxyl groups excluding tert-OH is 1. The van der Waals surface area contributed by atoms with Crippen LogP contribution in [0.5, 0.6) is 0 Å². The molecule has 3 unspecified atom stereocenters. The largest absolute Gasteiger partial charge is 0.472 e. The number of ether oxygens (including phenoxy) is 3. The molecule has 0 amide bonds. The third kappa shape index (κ3) is 55.4. The molecule has 0 rings (SSSR count). The normalized spacial score (nSPS) is 13.9. The first kappa shape index (κ1) is 72.7. The Morgan fingerprint density at radius 2 is 0.711 bits per heavy atom. The molecule has 0 aliphatic heterocycles. The zero-order chi connectivity index (χ0) is 55.5. The van der Waals surface area contributed by atoms with E-state index < -0.39 is 57.8 Å². The van der Waals surface area contributed by atoms with Gasteiger partial charge in [-0.2, -0.15) is 0 Å². The van der Waals surface area contributed by atoms with Crippen LogP contribution in [0.3, 0.4) is 0 Å². The van der Waals surface area contributed by atoms with E-state index in [1.165, 1.54) is 109 Å². The summed E-state index contributed by atoms with van der Waals surface area (Å²) in [7, 11) is -4.77. The molecule has 0 spiro atoms. The molecule has 0 heterocycles. The van der Waals surface area contributed by atoms with Crippen LogP contribution in [0.2, 0.25) is 0 Å². The van der Waals surface area contributed by atoms with Crippen molar-refractivity contribution in [2.24, 2.45) is 0 Å². The van der Waals surface area contributed by atoms with E-state index in [0.29, 0.717) is 19.3 Å². The molecule has 0 aromatic heterocycles. The highest BCUT2D eigenvalue weighted by molar-refractivity contribution is 7.47. The third-order valence-corrected chi connectivity index (χ3v) is 13.8. The van der Waals surface area contributed by atoms with Gasteiger partial charge in [-0.15, -0.1) is 0 Å². The number of hydrogen-bond donors (Lipinski definition) is 2. The number of phosphoric acid groups is 1. The third-order valence-electron chi connectivity index (χ3n) is 12.8. The smallest absolute Gasteiger partial charge is 0.462 e. The lowest BCUT2D eigenvalue weighted by Crippen LogP contribution is -2.30. The molecule has 0 aliphatic rings. The summed E-state index contributed by atoms with van der Waals surface area (Å²) >= 11 is 0. The van der Waals surface area contributed by atoms with Crippen LogP contribution in [0.15, 0.2) is 85.1 Å². The van der Waals surface area contributed by atoms with Crippen LogP contribution in [-0.4, -0.2) is 66.5 Å². The van der Waals surface area contributed by atoms with Gasteiger partial charge in [-0.05, 0) is 77.0 Å². The van der Waals surface area contributed by atoms with Crippen LogP contribution >= 0.6 is 7.82 Å². The summed E-state index contributed by atoms with van der Waals surface area (Å²) < 4.78 is 39.5. The van der Waals surface area contributed by atoms with Crippen molar-refractivity contribution in [1.82, 2.24) is 0 Å². The number of phosphoric ester groups is 1. The summed E-state index contributed by atoms with van der Waals surface area (Å²) in [6, 6.07) is 0. The van der Waals surface area contributed by atoms with Crippen molar-refractivity contribution in [3.63, 3.8) is 0 Å². The Balaban J connectivity index is 4.72. The highest BCUT2D eigenvalue weighted by Crippen LogP contribution is 2.43. The molecule has 0 aliphatic carbocycles. The lowest BCUT2D eigenvalue weighted by atomic mass is 10.0. The van der Waals surface area contributed by atoms with Gasteiger partial charge in [0, 0.05) is 19.3 Å². The first-order valence-corrected chi connectivity index (χ1v) is 32.0. The first-order valence-electron chi connectivity index (χ1n) is 30.5. The number of unbranched alkanes of at least 4 members (excludes halogenated alkanes) is 25. The van der Waals surface area contributed by atoms with Crippen LogP contribution in [0.4, 0.5) is 0 Å². The summed E-state index contributed by atoms with van der Waals surface area (Å²) in [5.74, 6) is -1.56. The lowest BCUT2D eigenvalue weighted by Gasteiger charge is -2.21. The van der Waals surface area contributed by atoms with Gasteiger partial charge < -0.3 is 24.2 Å². The van der Waals surface area contributed by atoms with Gasteiger partial charge >= 0.3 is 25.7 Å². The van der Waals surface area contributed by atoms with E-state index in [0.717, 1.165) is 96.3 Å². The minimum Gasteiger partial charge on any atom is -0.462 e. The molecule has 0 fully saturated rings. The fourth-order valence-corrected chi connectivity index (χ4v) is 9.05. The Morgan fingerprint density at radius 1 is 0.382 bits per heavy atom. The molecule has 438 valence electrons. The molecule has 11 nitrogen and oxygen atoms in total. The van der Waals surface area contributed by atoms with Crippen molar-refractivity contribution < 1.29 is 52.2 Å². The fourth-order valence-electron chi connectivity index (χ4n) is 8.27. The Labute approximate surface area is 464 Å². The van der Waals surface area contributed by atoms with Gasteiger partial charge in [0.05, 0.1) is 19.8 Å². The standard InChI is InChI=1S/C64H111O11P/c1-4-7-10-13-16-19-22-25-27-29-30-32-34-37-40-43-46-49-52-55-64(68)75-61(57-71-62(66)53-50-47-44-41-38-35-24-21-18-15-12-9-6-3)59-73-76(69,70)72-58-60(56-65)74-63(67)54-51-48-45-42-39-36-33-31-28-26-23-20-17-14-11-8-5-2/h8-9,11-12,17-18,20-21,26,28,35,38,44,47,60-61,65H,4-7,10,13-16,19,22-25,27,29-34,36-37,39-43,45-46,48-59H2,1-3H3,(H,69,70)/b11-8-,12-9-,20-17-,21-18-,28-26-,38-35-,47-44-. The Kier molecular flexibility index (Phi) is 55.3. The average Bonchev–Trinajstić information content (AvgIpc) is 3.41. The number of carbonyl (C=O) groups is 3. The summed E-state index contributed by atoms with van der Waals surface area (Å²) in [6.45, 7) is 4.36. The predicted octanol–water partition coefficient (Wildman–Crippen LogP) is 18.3. The van der Waals surface area contributed by atoms with Crippen molar-refractivity contribution in [3.05, 3.63) is 85.1 Å². The molecule has 76 heavy (non-hydrogen) atoms. The number of allylic oxidation sites excluding steroid dienone is 14. The van der Waals surface area contributed by atoms with Crippen molar-refractivity contribution >= 4 is 25.7 Å². The molecule has 0 bridgehead atoms. The van der Waals surface area contributed by atoms with Crippen LogP contribution in [0.1, 0.15) is 265 Å². The maximum atomic E-state index is 12.9. The molecule has 0 aromatic carbocycles. The van der Waals surface area contributed by atoms with Crippen molar-refractivity contribution in [2.45, 2.75) is 277 Å². The van der Waals surface area contributed by atoms with Crippen LogP contribution in [0.25, 0.3) is 0 Å². The Hall–Kier alpha value is -3.34. The Morgan fingerprint density at radius 3 is 1.11 bits per heavy atom. The minimum absolute atomic E-state index is 0.104. The maximum Gasteiger partial charge on any atom is 0.472 e. The van der Waals surface area contributed by atoms with Gasteiger partial charge in [-0.3, -0.25) is 23.4 Å². The molecule has 12 heteroatoms. The van der Waals surface area contributed by atoms with Gasteiger partial charge in [0.1, 0.15) is 12.7 Å². The van der Waals surface area contributed by atoms with Gasteiger partial charge in [0.25, 0.3) is 0 Å². The second-order valence-corrected chi connectivity index (χ2v) is 21.6. The lowest BCUT2D eigenvalue weighted by molar-refractivity contribution is -0.161. The molecule has 2 N–H and O–H groups in total. The average molecular weight is 1090 g/mol. The number of esters is 3. The second kappa shape index (κ2) is 57.8. The Bertz CT molecular complexity index is 1600. The fraction of sp³-hybridized carbons (Fsp3) is 0.734. The van der Waals surface area contributed by atoms with Gasteiger partial charge in [0.2, 0.25) is 0 Å². The van der Waals surface area contributed by atoms with E-state index in [1.54, 1.807) is 0 Å². The van der Waals surface area contributed by atoms with Crippen LogP contribution < -0.4 is 0 Å². The van der Waals surface area contributed by atoms with E-state index in [1.807, 2.05) is 12.2 Å². The van der Waals surface area contributed by atoms with Crippen LogP contribution in [0, 0.1) is 0 Å². The number of carbonyl (C=O) groups excluding carboxylic acids is 3. The zero-order valence-electron chi connectivity index (χ0n) is 48.5. The predicted molar refractivity (Wildman–Crippen MR) is 316 cm³/mol. The van der Waals surface area contributed by atoms with E-state index in [9.17, 15) is 28.9 Å². The van der Waals surface area contributed by atoms with Gasteiger partial charge in [-0.1, -0.05) is 254 Å². The molecular formula is C64H111O11P. The SMILES string of the molecule is CC/C=C\C/C=C\C/C=C\C/C=C\CCC(=O)OCC(COP(=O)(O)OCC(CO)OC(=O)CCCCCCCCC/C=C\C/C=C\C/C=C\CC)OC(=O)CCCCCCCCCCCCCCCCCCCCC. The monoisotopic (exact) mass is 1090 g/mol. The van der Waals surface area contributed by atoms with E-state index in [2.05, 4.69) is 93.7 Å². The number of hydrogen-bond acceptors (Lipinski definition) is 10. The molecule has 0 saturated carbocycles. The van der Waals surface area contributed by atoms with E-state index in [-0.39, 0.29) is 25.9 Å². The quantitative estimate of drug-likeness (QED) is 0.0197. The molecule has 0 saturated heterocycles. The summed E-state index contributed by atoms with van der Waals surface area (Å²) in [6.07, 6.45) is 67.0. The molecule has 0 radical (unpaired) electrons. The van der Waals surface area contributed by atoms with Crippen molar-refractivity contribution in [1.29, 1.82) is 0 Å².